The molecule has 1 aromatic rings. The van der Waals surface area contributed by atoms with Crippen LogP contribution >= 0.6 is 11.6 Å². The fourth-order valence-electron chi connectivity index (χ4n) is 8.31. The third-order valence-electron chi connectivity index (χ3n) is 11.3. The van der Waals surface area contributed by atoms with Crippen LogP contribution in [0.1, 0.15) is 77.7 Å². The van der Waals surface area contributed by atoms with Gasteiger partial charge in [0.05, 0.1) is 65.6 Å². The summed E-state index contributed by atoms with van der Waals surface area (Å²) >= 11 is 5.81. The van der Waals surface area contributed by atoms with Crippen molar-refractivity contribution in [3.63, 3.8) is 0 Å². The summed E-state index contributed by atoms with van der Waals surface area (Å²) in [5.74, 6) is -10.4. The highest BCUT2D eigenvalue weighted by atomic mass is 35.5. The quantitative estimate of drug-likeness (QED) is 0.0549. The summed E-state index contributed by atoms with van der Waals surface area (Å²) in [4.78, 5) is 91.1. The number of unbranched alkanes of at least 4 members (excludes halogenated alkanes) is 5. The van der Waals surface area contributed by atoms with Crippen LogP contribution in [0.2, 0.25) is 0 Å². The molecular weight excluding hydrogens is 900 g/mol. The number of hydrogen-bond acceptors (Lipinski definition) is 20. The first-order valence-corrected chi connectivity index (χ1v) is 22.3. The molecule has 66 heavy (non-hydrogen) atoms. The smallest absolute Gasteiger partial charge is 0.407 e. The number of benzene rings is 1. The number of esters is 5. The number of halogens is 1. The van der Waals surface area contributed by atoms with Crippen LogP contribution in [0.15, 0.2) is 30.3 Å². The van der Waals surface area contributed by atoms with Crippen molar-refractivity contribution in [2.75, 3.05) is 39.9 Å². The van der Waals surface area contributed by atoms with Gasteiger partial charge in [-0.25, -0.2) is 19.2 Å². The predicted octanol–water partition coefficient (Wildman–Crippen LogP) is 2.24. The van der Waals surface area contributed by atoms with E-state index in [4.69, 9.17) is 68.4 Å². The van der Waals surface area contributed by atoms with Gasteiger partial charge in [-0.15, -0.1) is 11.6 Å². The van der Waals surface area contributed by atoms with Crippen LogP contribution < -0.4 is 10.6 Å². The molecule has 22 nitrogen and oxygen atoms in total. The molecule has 0 aromatic heterocycles. The highest BCUT2D eigenvalue weighted by Crippen LogP contribution is 2.41. The molecule has 4 saturated heterocycles. The highest BCUT2D eigenvalue weighted by Gasteiger charge is 2.63. The van der Waals surface area contributed by atoms with E-state index in [2.05, 4.69) is 17.6 Å². The van der Waals surface area contributed by atoms with E-state index in [1.54, 1.807) is 30.3 Å². The van der Waals surface area contributed by atoms with Crippen molar-refractivity contribution in [3.05, 3.63) is 35.9 Å². The van der Waals surface area contributed by atoms with Gasteiger partial charge in [0, 0.05) is 13.8 Å². The van der Waals surface area contributed by atoms with E-state index in [0.29, 0.717) is 6.42 Å². The van der Waals surface area contributed by atoms with Gasteiger partial charge < -0.3 is 72.6 Å². The molecule has 1 unspecified atom stereocenters. The summed E-state index contributed by atoms with van der Waals surface area (Å²) in [5, 5.41) is 17.1. The van der Waals surface area contributed by atoms with Crippen molar-refractivity contribution in [1.82, 2.24) is 10.6 Å². The molecule has 0 radical (unpaired) electrons. The number of aliphatic hydroxyl groups excluding tert-OH is 1. The fourth-order valence-corrected chi connectivity index (χ4v) is 8.37. The molecule has 368 valence electrons. The van der Waals surface area contributed by atoms with E-state index in [9.17, 15) is 38.7 Å². The maximum Gasteiger partial charge on any atom is 0.407 e. The van der Waals surface area contributed by atoms with Gasteiger partial charge in [-0.05, 0) is 12.0 Å². The van der Waals surface area contributed by atoms with E-state index >= 15 is 0 Å². The van der Waals surface area contributed by atoms with Crippen molar-refractivity contribution < 1.29 is 95.5 Å². The lowest BCUT2D eigenvalue weighted by Gasteiger charge is -2.47. The Morgan fingerprint density at radius 3 is 1.83 bits per heavy atom. The lowest BCUT2D eigenvalue weighted by molar-refractivity contribution is -0.322. The van der Waals surface area contributed by atoms with Crippen LogP contribution in [0.4, 0.5) is 9.59 Å². The van der Waals surface area contributed by atoms with Gasteiger partial charge >= 0.3 is 42.0 Å². The number of aliphatic hydroxyl groups is 1. The number of amides is 2. The average Bonchev–Trinajstić information content (AvgIpc) is 3.87. The molecule has 12 atom stereocenters. The van der Waals surface area contributed by atoms with Gasteiger partial charge in [0.25, 0.3) is 11.6 Å². The summed E-state index contributed by atoms with van der Waals surface area (Å²) in [7, 11) is 2.10. The van der Waals surface area contributed by atoms with Gasteiger partial charge in [-0.3, -0.25) is 14.4 Å². The molecule has 0 bridgehead atoms. The van der Waals surface area contributed by atoms with Gasteiger partial charge in [0.15, 0.2) is 18.3 Å². The second kappa shape index (κ2) is 24.3. The van der Waals surface area contributed by atoms with Crippen LogP contribution in [-0.2, 0) is 87.4 Å². The minimum absolute atomic E-state index is 0.0185. The molecule has 3 N–H and O–H groups in total. The maximum atomic E-state index is 13.9. The van der Waals surface area contributed by atoms with Crippen molar-refractivity contribution in [2.45, 2.75) is 151 Å². The van der Waals surface area contributed by atoms with E-state index in [1.165, 1.54) is 0 Å². The normalized spacial score (nSPS) is 28.3. The van der Waals surface area contributed by atoms with Crippen LogP contribution in [-0.4, -0.2) is 160 Å². The molecule has 4 aliphatic heterocycles. The van der Waals surface area contributed by atoms with Crippen molar-refractivity contribution >= 4 is 53.6 Å². The van der Waals surface area contributed by atoms with Gasteiger partial charge in [-0.2, -0.15) is 0 Å². The van der Waals surface area contributed by atoms with Crippen LogP contribution in [0.25, 0.3) is 0 Å². The molecular formula is C43H59ClN2O20. The lowest BCUT2D eigenvalue weighted by Crippen LogP contribution is -2.67. The SMILES string of the molecule is CCCCCCCCO[C@]1(C(=O)OC)C[C@@H]2OC(=O)N[C@H]2[C@H]([C@H](OC(C)=O)[C@H](O)COC2(C(=O)OC)C[C@@H]3OC(=O)N[C@H]3[C@H]([C@H](OC(C)=O)[C@@H](COCc3ccccc3)OC(=O)CCl)O2)O1. The molecule has 0 aliphatic carbocycles. The maximum absolute atomic E-state index is 13.9. The van der Waals surface area contributed by atoms with Crippen LogP contribution in [0.5, 0.6) is 0 Å². The molecule has 0 saturated carbocycles. The fraction of sp³-hybridized carbons (Fsp3) is 0.698. The third-order valence-corrected chi connectivity index (χ3v) is 11.5. The Hall–Kier alpha value is -4.84. The van der Waals surface area contributed by atoms with Crippen molar-refractivity contribution in [1.29, 1.82) is 0 Å². The Kier molecular flexibility index (Phi) is 19.2. The Labute approximate surface area is 386 Å². The number of carbonyl (C=O) groups excluding carboxylic acids is 7. The number of nitrogens with one attached hydrogen (secondary N) is 2. The Bertz CT molecular complexity index is 1840. The average molecular weight is 959 g/mol. The standard InChI is InChI=1S/C43H59ClN2O20/c1-6-7-8-9-10-14-17-58-42(38(51)55-4)18-28-32(45-40(53)63-28)36(65-42)34(60-24(2)47)27(49)22-59-43(39(52)56-5)19-29-33(46-41(54)64-29)37(66-43)35(61-25(3)48)30(62-31(50)20-44)23-57-21-26-15-12-11-13-16-26/h11-13,15-16,27-30,32-37,49H,6-10,14,17-23H2,1-5H3,(H,45,53)(H,46,54)/t27-,28+,29+,30-,32-,33-,34-,35-,36-,37-,42-,43?/m1/s1. The minimum atomic E-state index is -2.60. The number of alkyl carbamates (subject to hydrolysis) is 2. The minimum Gasteiger partial charge on any atom is -0.465 e. The summed E-state index contributed by atoms with van der Waals surface area (Å²) in [6.45, 7) is 2.86. The zero-order valence-electron chi connectivity index (χ0n) is 37.4. The summed E-state index contributed by atoms with van der Waals surface area (Å²) in [5.41, 5.74) is 0.742. The number of rotatable bonds is 25. The lowest BCUT2D eigenvalue weighted by atomic mass is 9.88. The first-order valence-electron chi connectivity index (χ1n) is 21.7. The molecule has 4 fully saturated rings. The van der Waals surface area contributed by atoms with Crippen molar-refractivity contribution in [3.8, 4) is 0 Å². The Balaban J connectivity index is 1.45. The number of carbonyl (C=O) groups is 7. The number of ether oxygens (including phenoxy) is 12. The number of methoxy groups -OCH3 is 2. The van der Waals surface area contributed by atoms with Crippen LogP contribution in [0, 0.1) is 0 Å². The molecule has 23 heteroatoms. The summed E-state index contributed by atoms with van der Waals surface area (Å²) < 4.78 is 68.8. The first-order chi connectivity index (χ1) is 31.6. The monoisotopic (exact) mass is 958 g/mol. The van der Waals surface area contributed by atoms with E-state index < -0.39 is 140 Å². The summed E-state index contributed by atoms with van der Waals surface area (Å²) in [6.07, 6.45) is -9.92. The topological polar surface area (TPSA) is 275 Å². The molecule has 2 amide bonds. The van der Waals surface area contributed by atoms with E-state index in [0.717, 1.165) is 65.7 Å². The van der Waals surface area contributed by atoms with Gasteiger partial charge in [-0.1, -0.05) is 69.4 Å². The highest BCUT2D eigenvalue weighted by molar-refractivity contribution is 6.26. The predicted molar refractivity (Wildman–Crippen MR) is 222 cm³/mol. The molecule has 4 heterocycles. The van der Waals surface area contributed by atoms with Crippen molar-refractivity contribution in [2.24, 2.45) is 0 Å². The first kappa shape index (κ1) is 52.1. The zero-order valence-corrected chi connectivity index (χ0v) is 38.2. The zero-order chi connectivity index (χ0) is 48.0. The Morgan fingerprint density at radius 2 is 1.29 bits per heavy atom. The third kappa shape index (κ3) is 13.2. The molecule has 5 rings (SSSR count). The second-order valence-electron chi connectivity index (χ2n) is 16.1. The van der Waals surface area contributed by atoms with Crippen LogP contribution in [0.3, 0.4) is 0 Å². The number of hydrogen-bond donors (Lipinski definition) is 3. The Morgan fingerprint density at radius 1 is 0.758 bits per heavy atom. The molecule has 4 aliphatic rings. The second-order valence-corrected chi connectivity index (χ2v) is 16.4. The van der Waals surface area contributed by atoms with Gasteiger partial charge in [0.2, 0.25) is 0 Å². The molecule has 1 aromatic carbocycles. The van der Waals surface area contributed by atoms with E-state index in [1.807, 2.05) is 0 Å². The van der Waals surface area contributed by atoms with Gasteiger partial charge in [0.1, 0.15) is 36.4 Å². The summed E-state index contributed by atoms with van der Waals surface area (Å²) in [6, 6.07) is 6.61. The number of alkyl halides is 1. The molecule has 0 spiro atoms. The number of fused-ring (bicyclic) bond motifs is 2. The van der Waals surface area contributed by atoms with E-state index in [-0.39, 0.29) is 19.6 Å². The largest absolute Gasteiger partial charge is 0.465 e.